The van der Waals surface area contributed by atoms with Crippen LogP contribution in [0.2, 0.25) is 0 Å². The maximum absolute atomic E-state index is 12.9. The predicted molar refractivity (Wildman–Crippen MR) is 96.0 cm³/mol. The molecule has 2 aromatic carbocycles. The smallest absolute Gasteiger partial charge is 0.253 e. The van der Waals surface area contributed by atoms with Crippen LogP contribution in [-0.4, -0.2) is 10.9 Å². The Hall–Kier alpha value is -2.73. The Balaban J connectivity index is 1.63. The van der Waals surface area contributed by atoms with Crippen molar-refractivity contribution < 1.29 is 13.9 Å². The van der Waals surface area contributed by atoms with Gasteiger partial charge < -0.3 is 10.1 Å². The van der Waals surface area contributed by atoms with Crippen LogP contribution in [0, 0.1) is 5.82 Å². The molecule has 3 aromatic rings. The third-order valence-electron chi connectivity index (χ3n) is 3.37. The molecule has 1 N–H and O–H groups in total. The van der Waals surface area contributed by atoms with E-state index in [1.54, 1.807) is 30.5 Å². The number of nitrogens with zero attached hydrogens (tertiary/aromatic N) is 1. The molecule has 126 valence electrons. The van der Waals surface area contributed by atoms with Gasteiger partial charge in [-0.3, -0.25) is 9.78 Å². The number of rotatable bonds is 5. The molecule has 0 bridgehead atoms. The minimum absolute atomic E-state index is 0.210. The summed E-state index contributed by atoms with van der Waals surface area (Å²) in [6.45, 7) is 0.353. The number of hydrogen-bond acceptors (Lipinski definition) is 3. The topological polar surface area (TPSA) is 51.2 Å². The molecule has 3 rings (SSSR count). The lowest BCUT2D eigenvalue weighted by Gasteiger charge is -2.09. The van der Waals surface area contributed by atoms with Gasteiger partial charge in [0, 0.05) is 23.4 Å². The molecular formula is C19H14BrFN2O2. The van der Waals surface area contributed by atoms with E-state index in [2.05, 4.69) is 26.2 Å². The van der Waals surface area contributed by atoms with Crippen LogP contribution in [0.1, 0.15) is 15.9 Å². The minimum Gasteiger partial charge on any atom is -0.457 e. The van der Waals surface area contributed by atoms with Crippen LogP contribution in [0.5, 0.6) is 11.5 Å². The van der Waals surface area contributed by atoms with Crippen molar-refractivity contribution in [3.8, 4) is 11.5 Å². The molecule has 1 heterocycles. The molecule has 0 fully saturated rings. The van der Waals surface area contributed by atoms with Crippen molar-refractivity contribution in [1.29, 1.82) is 0 Å². The summed E-state index contributed by atoms with van der Waals surface area (Å²) in [7, 11) is 0. The Morgan fingerprint density at radius 3 is 2.64 bits per heavy atom. The van der Waals surface area contributed by atoms with Gasteiger partial charge in [0.1, 0.15) is 17.3 Å². The molecule has 6 heteroatoms. The zero-order valence-electron chi connectivity index (χ0n) is 13.1. The van der Waals surface area contributed by atoms with Crippen molar-refractivity contribution in [1.82, 2.24) is 10.3 Å². The molecule has 0 unspecified atom stereocenters. The standard InChI is InChI=1S/C19H14BrFN2O2/c20-15-9-14(11-22-12-15)19(24)23-10-13-2-1-3-18(8-13)25-17-6-4-16(21)5-7-17/h1-9,11-12H,10H2,(H,23,24). The predicted octanol–water partition coefficient (Wildman–Crippen LogP) is 4.71. The summed E-state index contributed by atoms with van der Waals surface area (Å²) in [4.78, 5) is 16.1. The summed E-state index contributed by atoms with van der Waals surface area (Å²) >= 11 is 3.29. The Morgan fingerprint density at radius 1 is 1.08 bits per heavy atom. The Bertz CT molecular complexity index is 885. The van der Waals surface area contributed by atoms with E-state index in [4.69, 9.17) is 4.74 Å². The van der Waals surface area contributed by atoms with Gasteiger partial charge in [-0.2, -0.15) is 0 Å². The normalized spacial score (nSPS) is 10.3. The number of pyridine rings is 1. The van der Waals surface area contributed by atoms with E-state index in [1.807, 2.05) is 18.2 Å². The van der Waals surface area contributed by atoms with Crippen LogP contribution in [0.15, 0.2) is 71.5 Å². The van der Waals surface area contributed by atoms with Gasteiger partial charge in [0.15, 0.2) is 0 Å². The lowest BCUT2D eigenvalue weighted by molar-refractivity contribution is 0.0950. The molecule has 0 atom stereocenters. The number of hydrogen-bond donors (Lipinski definition) is 1. The van der Waals surface area contributed by atoms with E-state index >= 15 is 0 Å². The average molecular weight is 401 g/mol. The third-order valence-corrected chi connectivity index (χ3v) is 3.80. The second-order valence-corrected chi connectivity index (χ2v) is 6.19. The van der Waals surface area contributed by atoms with Crippen molar-refractivity contribution in [2.45, 2.75) is 6.54 Å². The van der Waals surface area contributed by atoms with Gasteiger partial charge in [-0.05, 0) is 64.0 Å². The van der Waals surface area contributed by atoms with Gasteiger partial charge in [0.2, 0.25) is 0 Å². The number of halogens is 2. The van der Waals surface area contributed by atoms with Crippen LogP contribution in [-0.2, 0) is 6.54 Å². The number of carbonyl (C=O) groups excluding carboxylic acids is 1. The first-order valence-corrected chi connectivity index (χ1v) is 8.30. The van der Waals surface area contributed by atoms with Crippen molar-refractivity contribution >= 4 is 21.8 Å². The maximum Gasteiger partial charge on any atom is 0.253 e. The van der Waals surface area contributed by atoms with Crippen LogP contribution in [0.3, 0.4) is 0 Å². The van der Waals surface area contributed by atoms with E-state index < -0.39 is 0 Å². The maximum atomic E-state index is 12.9. The number of aromatic nitrogens is 1. The lowest BCUT2D eigenvalue weighted by Crippen LogP contribution is -2.22. The summed E-state index contributed by atoms with van der Waals surface area (Å²) in [5.74, 6) is 0.634. The molecule has 4 nitrogen and oxygen atoms in total. The van der Waals surface area contributed by atoms with Crippen LogP contribution in [0.25, 0.3) is 0 Å². The molecule has 1 aromatic heterocycles. The highest BCUT2D eigenvalue weighted by Crippen LogP contribution is 2.22. The highest BCUT2D eigenvalue weighted by Gasteiger charge is 2.07. The van der Waals surface area contributed by atoms with Crippen molar-refractivity contribution in [3.63, 3.8) is 0 Å². The van der Waals surface area contributed by atoms with E-state index in [0.29, 0.717) is 23.6 Å². The quantitative estimate of drug-likeness (QED) is 0.674. The first kappa shape index (κ1) is 17.1. The molecular weight excluding hydrogens is 387 g/mol. The van der Waals surface area contributed by atoms with Gasteiger partial charge in [0.05, 0.1) is 5.56 Å². The number of benzene rings is 2. The monoisotopic (exact) mass is 400 g/mol. The van der Waals surface area contributed by atoms with Gasteiger partial charge in [-0.15, -0.1) is 0 Å². The second kappa shape index (κ2) is 7.90. The number of ether oxygens (including phenoxy) is 1. The van der Waals surface area contributed by atoms with Crippen LogP contribution >= 0.6 is 15.9 Å². The molecule has 0 aliphatic heterocycles. The van der Waals surface area contributed by atoms with E-state index in [9.17, 15) is 9.18 Å². The molecule has 0 saturated carbocycles. The zero-order chi connectivity index (χ0) is 17.6. The summed E-state index contributed by atoms with van der Waals surface area (Å²) in [5, 5.41) is 2.84. The summed E-state index contributed by atoms with van der Waals surface area (Å²) in [6, 6.07) is 14.8. The molecule has 0 aliphatic rings. The second-order valence-electron chi connectivity index (χ2n) is 5.28. The number of amides is 1. The molecule has 0 aliphatic carbocycles. The van der Waals surface area contributed by atoms with Gasteiger partial charge >= 0.3 is 0 Å². The SMILES string of the molecule is O=C(NCc1cccc(Oc2ccc(F)cc2)c1)c1cncc(Br)c1. The number of carbonyl (C=O) groups is 1. The van der Waals surface area contributed by atoms with E-state index in [0.717, 1.165) is 10.0 Å². The Morgan fingerprint density at radius 2 is 1.88 bits per heavy atom. The minimum atomic E-state index is -0.314. The highest BCUT2D eigenvalue weighted by molar-refractivity contribution is 9.10. The van der Waals surface area contributed by atoms with Gasteiger partial charge in [-0.1, -0.05) is 12.1 Å². The fourth-order valence-corrected chi connectivity index (χ4v) is 2.54. The first-order chi connectivity index (χ1) is 12.1. The summed E-state index contributed by atoms with van der Waals surface area (Å²) in [5.41, 5.74) is 1.36. The molecule has 0 saturated heterocycles. The Kier molecular flexibility index (Phi) is 5.40. The van der Waals surface area contributed by atoms with Crippen molar-refractivity contribution in [2.75, 3.05) is 0 Å². The largest absolute Gasteiger partial charge is 0.457 e. The first-order valence-electron chi connectivity index (χ1n) is 7.51. The zero-order valence-corrected chi connectivity index (χ0v) is 14.7. The third kappa shape index (κ3) is 4.87. The highest BCUT2D eigenvalue weighted by atomic mass is 79.9. The van der Waals surface area contributed by atoms with Gasteiger partial charge in [0.25, 0.3) is 5.91 Å². The molecule has 0 spiro atoms. The fourth-order valence-electron chi connectivity index (χ4n) is 2.18. The van der Waals surface area contributed by atoms with Gasteiger partial charge in [-0.25, -0.2) is 4.39 Å². The van der Waals surface area contributed by atoms with E-state index in [-0.39, 0.29) is 11.7 Å². The Labute approximate surface area is 152 Å². The summed E-state index contributed by atoms with van der Waals surface area (Å²) < 4.78 is 19.4. The lowest BCUT2D eigenvalue weighted by atomic mass is 10.2. The molecule has 0 radical (unpaired) electrons. The fraction of sp³-hybridized carbons (Fsp3) is 0.0526. The van der Waals surface area contributed by atoms with Crippen LogP contribution in [0.4, 0.5) is 4.39 Å². The summed E-state index contributed by atoms with van der Waals surface area (Å²) in [6.07, 6.45) is 3.13. The number of nitrogens with one attached hydrogen (secondary N) is 1. The van der Waals surface area contributed by atoms with Crippen molar-refractivity contribution in [3.05, 3.63) is 88.4 Å². The van der Waals surface area contributed by atoms with E-state index in [1.165, 1.54) is 18.3 Å². The molecule has 1 amide bonds. The van der Waals surface area contributed by atoms with Crippen LogP contribution < -0.4 is 10.1 Å². The average Bonchev–Trinajstić information content (AvgIpc) is 2.62. The molecule has 25 heavy (non-hydrogen) atoms. The van der Waals surface area contributed by atoms with Crippen molar-refractivity contribution in [2.24, 2.45) is 0 Å².